The summed E-state index contributed by atoms with van der Waals surface area (Å²) in [5, 5.41) is 0. The quantitative estimate of drug-likeness (QED) is 0.0246. The number of rotatable bonds is 15. The summed E-state index contributed by atoms with van der Waals surface area (Å²) >= 11 is 1.72. The molecule has 0 nitrogen and oxygen atoms in total. The Labute approximate surface area is 688 Å². The number of aryl methyl sites for hydroxylation is 2. The van der Waals surface area contributed by atoms with Crippen molar-refractivity contribution in [3.63, 3.8) is 0 Å². The van der Waals surface area contributed by atoms with Gasteiger partial charge in [-0.15, -0.1) is 43.7 Å². The third-order valence-electron chi connectivity index (χ3n) is 19.1. The van der Waals surface area contributed by atoms with Gasteiger partial charge in [0.05, 0.1) is 10.9 Å². The summed E-state index contributed by atoms with van der Waals surface area (Å²) in [4.78, 5) is 6.73. The van der Waals surface area contributed by atoms with Crippen LogP contribution in [-0.2, 0) is 10.9 Å². The van der Waals surface area contributed by atoms with Gasteiger partial charge in [0.1, 0.15) is 105 Å². The smallest absolute Gasteiger partial charge is 0.207 e. The standard InChI is InChI=1S/C32H27IS2.2C24BF20/c1-24-10-6-8-14-31(24)35(32-15-9-7-11-25(32)2)30-22-20-29(21-23-30)34-28-18-16-27(17-19-28)33-26-12-4-3-5-13-26;2*26-5-1(6(27)14(35)21(42)13(5)34)25(2-7(28)15(36)22(43)16(37)8(2)29,3-9(30)17(38)23(44)18(39)10(3)31)4-11(32)19(40)24(45)20(41)12(4)33/h3-23H,1-2H3;;/q+2;2*-1. The van der Waals surface area contributed by atoms with Gasteiger partial charge in [0, 0.05) is 20.9 Å². The first-order valence-electron chi connectivity index (χ1n) is 33.5. The Bertz CT molecular complexity index is 5470. The lowest BCUT2D eigenvalue weighted by molar-refractivity contribution is -0.597. The van der Waals surface area contributed by atoms with Crippen LogP contribution < -0.4 is 64.9 Å². The predicted octanol–water partition coefficient (Wildman–Crippen LogP) is 17.4. The van der Waals surface area contributed by atoms with Crippen LogP contribution in [0.1, 0.15) is 11.1 Å². The van der Waals surface area contributed by atoms with Crippen LogP contribution >= 0.6 is 11.8 Å². The second-order valence-electron chi connectivity index (χ2n) is 25.9. The Morgan fingerprint density at radius 2 is 0.344 bits per heavy atom. The lowest BCUT2D eigenvalue weighted by Gasteiger charge is -2.44. The van der Waals surface area contributed by atoms with E-state index in [4.69, 9.17) is 0 Å². The monoisotopic (exact) mass is 1960 g/mol. The molecule has 13 rings (SSSR count). The van der Waals surface area contributed by atoms with Gasteiger partial charge in [-0.05, 0) is 86.6 Å². The average Bonchev–Trinajstić information content (AvgIpc) is 0.684. The highest BCUT2D eigenvalue weighted by Gasteiger charge is 2.55. The third-order valence-corrected chi connectivity index (χ3v) is 25.3. The van der Waals surface area contributed by atoms with Crippen molar-refractivity contribution in [2.45, 2.75) is 38.3 Å². The van der Waals surface area contributed by atoms with E-state index in [2.05, 4.69) is 141 Å². The summed E-state index contributed by atoms with van der Waals surface area (Å²) in [5.74, 6) is -143. The zero-order chi connectivity index (χ0) is 92.7. The van der Waals surface area contributed by atoms with E-state index in [9.17, 15) is 105 Å². The van der Waals surface area contributed by atoms with Gasteiger partial charge in [-0.2, -0.15) is 0 Å². The molecule has 125 heavy (non-hydrogen) atoms. The lowest BCUT2D eigenvalue weighted by Crippen LogP contribution is -3.61. The van der Waals surface area contributed by atoms with Crippen LogP contribution in [0.15, 0.2) is 152 Å². The number of benzene rings is 13. The molecule has 652 valence electrons. The third kappa shape index (κ3) is 15.5. The molecule has 0 atom stereocenters. The maximum atomic E-state index is 15.4. The minimum absolute atomic E-state index is 0.116. The number of halogens is 41. The van der Waals surface area contributed by atoms with E-state index in [1.165, 1.54) is 42.7 Å². The summed E-state index contributed by atoms with van der Waals surface area (Å²) in [6.45, 7) is 4.45. The second-order valence-corrected chi connectivity index (χ2v) is 32.0. The molecule has 0 spiro atoms. The van der Waals surface area contributed by atoms with Crippen LogP contribution in [0.25, 0.3) is 0 Å². The molecule has 0 aliphatic rings. The Kier molecular flexibility index (Phi) is 27.1. The van der Waals surface area contributed by atoms with Crippen LogP contribution in [0.2, 0.25) is 0 Å². The van der Waals surface area contributed by atoms with E-state index in [-0.39, 0.29) is 32.1 Å². The molecule has 0 aromatic heterocycles. The largest absolute Gasteiger partial charge is 0.357 e. The molecule has 0 saturated heterocycles. The van der Waals surface area contributed by atoms with E-state index in [0.717, 1.165) is 0 Å². The van der Waals surface area contributed by atoms with E-state index < -0.39 is 289 Å². The molecule has 45 heteroatoms. The maximum absolute atomic E-state index is 15.4. The van der Waals surface area contributed by atoms with Gasteiger partial charge in [0.25, 0.3) is 0 Å². The SMILES string of the molecule is Cc1ccccc1[S+](c1ccc(Sc2ccc([I+]c3ccccc3)cc2)cc1)c1ccccc1C.Fc1c(F)c(F)c([B-](c2c(F)c(F)c(F)c(F)c2F)(c2c(F)c(F)c(F)c(F)c2F)c2c(F)c(F)c(F)c(F)c2F)c(F)c1F.Fc1c(F)c(F)c([B-](c2c(F)c(F)c(F)c(F)c2F)(c2c(F)c(F)c(F)c(F)c2F)c2c(F)c(F)c(F)c(F)c2F)c(F)c1F. The average molecular weight is 1960 g/mol. The summed E-state index contributed by atoms with van der Waals surface area (Å²) in [6.07, 6.45) is -14.4. The highest BCUT2D eigenvalue weighted by Crippen LogP contribution is 2.39. The summed E-state index contributed by atoms with van der Waals surface area (Å²) in [7, 11) is -0.121. The van der Waals surface area contributed by atoms with Crippen molar-refractivity contribution in [1.82, 2.24) is 0 Å². The van der Waals surface area contributed by atoms with Crippen molar-refractivity contribution < 1.29 is 197 Å². The van der Waals surface area contributed by atoms with Gasteiger partial charge < -0.3 is 0 Å². The highest BCUT2D eigenvalue weighted by molar-refractivity contribution is 7.99. The fourth-order valence-electron chi connectivity index (χ4n) is 13.6. The fraction of sp³-hybridized carbons (Fsp3) is 0.0250. The van der Waals surface area contributed by atoms with Crippen LogP contribution in [0, 0.1) is 254 Å². The molecule has 0 amide bonds. The van der Waals surface area contributed by atoms with Gasteiger partial charge in [-0.25, -0.2) is 176 Å². The van der Waals surface area contributed by atoms with Crippen LogP contribution in [0.3, 0.4) is 0 Å². The molecule has 13 aromatic carbocycles. The predicted molar refractivity (Wildman–Crippen MR) is 364 cm³/mol. The number of hydrogen-bond acceptors (Lipinski definition) is 1. The fourth-order valence-corrected chi connectivity index (χ4v) is 19.0. The molecular weight excluding hydrogens is 1930 g/mol. The van der Waals surface area contributed by atoms with Crippen molar-refractivity contribution in [3.05, 3.63) is 378 Å². The summed E-state index contributed by atoms with van der Waals surface area (Å²) in [6, 6.07) is 46.7. The van der Waals surface area contributed by atoms with Gasteiger partial charge in [-0.3, -0.25) is 0 Å². The topological polar surface area (TPSA) is 0 Å². The zero-order valence-corrected chi connectivity index (χ0v) is 63.9. The minimum atomic E-state index is -7.22. The molecule has 0 bridgehead atoms. The van der Waals surface area contributed by atoms with Gasteiger partial charge in [-0.1, -0.05) is 66.4 Å². The molecule has 0 aliphatic carbocycles. The number of hydrogen-bond donors (Lipinski definition) is 0. The van der Waals surface area contributed by atoms with E-state index in [1.807, 2.05) is 11.8 Å². The van der Waals surface area contributed by atoms with E-state index >= 15 is 70.2 Å². The Morgan fingerprint density at radius 3 is 0.536 bits per heavy atom. The molecule has 0 aliphatic heterocycles. The summed E-state index contributed by atoms with van der Waals surface area (Å²) < 4.78 is 591. The molecular formula is C80H27B2F40IS2. The highest BCUT2D eigenvalue weighted by atomic mass is 127. The molecule has 13 aromatic rings. The molecule has 0 saturated carbocycles. The molecule has 0 unspecified atom stereocenters. The maximum Gasteiger partial charge on any atom is 0.357 e. The lowest BCUT2D eigenvalue weighted by atomic mass is 9.12. The van der Waals surface area contributed by atoms with Crippen LogP contribution in [0.4, 0.5) is 176 Å². The zero-order valence-electron chi connectivity index (χ0n) is 60.1. The molecule has 0 heterocycles. The Morgan fingerprint density at radius 1 is 0.184 bits per heavy atom. The molecule has 0 radical (unpaired) electrons. The first-order chi connectivity index (χ1) is 58.6. The Balaban J connectivity index is 0.000000184. The van der Waals surface area contributed by atoms with Crippen molar-refractivity contribution in [2.75, 3.05) is 0 Å². The van der Waals surface area contributed by atoms with E-state index in [1.54, 1.807) is 0 Å². The van der Waals surface area contributed by atoms with Crippen molar-refractivity contribution >= 4 is 78.7 Å². The van der Waals surface area contributed by atoms with Gasteiger partial charge >= 0.3 is 21.2 Å². The van der Waals surface area contributed by atoms with Gasteiger partial charge in [0.15, 0.2) is 161 Å². The van der Waals surface area contributed by atoms with Crippen molar-refractivity contribution in [1.29, 1.82) is 0 Å². The molecule has 0 fully saturated rings. The van der Waals surface area contributed by atoms with Crippen LogP contribution in [-0.4, -0.2) is 12.3 Å². The normalized spacial score (nSPS) is 11.7. The Hall–Kier alpha value is -11.4. The first-order valence-corrected chi connectivity index (χ1v) is 37.7. The van der Waals surface area contributed by atoms with Crippen LogP contribution in [0.5, 0.6) is 0 Å². The summed E-state index contributed by atoms with van der Waals surface area (Å²) in [5.41, 5.74) is -26.0. The molecule has 0 N–H and O–H groups in total. The van der Waals surface area contributed by atoms with Crippen molar-refractivity contribution in [2.24, 2.45) is 0 Å². The second kappa shape index (κ2) is 35.9. The van der Waals surface area contributed by atoms with E-state index in [0.29, 0.717) is 0 Å². The first kappa shape index (κ1) is 94.3. The minimum Gasteiger partial charge on any atom is -0.207 e. The van der Waals surface area contributed by atoms with Gasteiger partial charge in [0.2, 0.25) is 0 Å². The van der Waals surface area contributed by atoms with Crippen molar-refractivity contribution in [3.8, 4) is 0 Å².